The first-order valence-electron chi connectivity index (χ1n) is 8.46. The number of fused-ring (bicyclic) bond motifs is 1. The number of hydrogen-bond donors (Lipinski definition) is 0. The van der Waals surface area contributed by atoms with Crippen molar-refractivity contribution in [2.24, 2.45) is 0 Å². The van der Waals surface area contributed by atoms with E-state index in [0.29, 0.717) is 19.0 Å². The number of benzene rings is 1. The van der Waals surface area contributed by atoms with Gasteiger partial charge in [-0.3, -0.25) is 4.98 Å². The van der Waals surface area contributed by atoms with E-state index in [-0.39, 0.29) is 0 Å². The summed E-state index contributed by atoms with van der Waals surface area (Å²) in [5, 5.41) is 4.58. The summed E-state index contributed by atoms with van der Waals surface area (Å²) in [4.78, 5) is 11.0. The van der Waals surface area contributed by atoms with Crippen molar-refractivity contribution >= 4 is 11.3 Å². The molecule has 0 unspecified atom stereocenters. The summed E-state index contributed by atoms with van der Waals surface area (Å²) in [5.74, 6) is 2.38. The Hall–Kier alpha value is -3.41. The van der Waals surface area contributed by atoms with Crippen LogP contribution in [0.5, 0.6) is 5.75 Å². The third-order valence-electron chi connectivity index (χ3n) is 4.09. The van der Waals surface area contributed by atoms with Gasteiger partial charge in [-0.15, -0.1) is 5.10 Å². The number of aromatic nitrogens is 4. The van der Waals surface area contributed by atoms with Crippen molar-refractivity contribution in [2.75, 3.05) is 25.1 Å². The summed E-state index contributed by atoms with van der Waals surface area (Å²) < 4.78 is 7.65. The van der Waals surface area contributed by atoms with Crippen molar-refractivity contribution in [2.45, 2.75) is 0 Å². The Morgan fingerprint density at radius 1 is 1.04 bits per heavy atom. The maximum Gasteiger partial charge on any atom is 0.183 e. The first-order valence-corrected chi connectivity index (χ1v) is 8.46. The van der Waals surface area contributed by atoms with E-state index >= 15 is 0 Å². The van der Waals surface area contributed by atoms with Crippen LogP contribution in [-0.2, 0) is 0 Å². The number of rotatable bonds is 6. The number of hydrogen-bond acceptors (Lipinski definition) is 5. The molecule has 1 aromatic carbocycles. The zero-order valence-electron chi connectivity index (χ0n) is 14.5. The van der Waals surface area contributed by atoms with Gasteiger partial charge >= 0.3 is 0 Å². The van der Waals surface area contributed by atoms with Gasteiger partial charge in [0.15, 0.2) is 11.6 Å². The lowest BCUT2D eigenvalue weighted by atomic mass is 10.3. The normalized spacial score (nSPS) is 10.8. The smallest absolute Gasteiger partial charge is 0.183 e. The number of nitrogens with zero attached hydrogens (tertiary/aromatic N) is 5. The molecule has 0 fully saturated rings. The van der Waals surface area contributed by atoms with Gasteiger partial charge in [0.1, 0.15) is 17.9 Å². The minimum absolute atomic E-state index is 0.569. The maximum absolute atomic E-state index is 5.80. The Kier molecular flexibility index (Phi) is 4.47. The summed E-state index contributed by atoms with van der Waals surface area (Å²) >= 11 is 0. The second kappa shape index (κ2) is 7.23. The number of pyridine rings is 1. The van der Waals surface area contributed by atoms with Crippen LogP contribution >= 0.6 is 0 Å². The summed E-state index contributed by atoms with van der Waals surface area (Å²) in [6, 6.07) is 17.6. The first-order chi connectivity index (χ1) is 12.8. The number of para-hydroxylation sites is 1. The molecular weight excluding hydrogens is 326 g/mol. The molecule has 3 heterocycles. The summed E-state index contributed by atoms with van der Waals surface area (Å²) in [7, 11) is 2.01. The molecule has 6 nitrogen and oxygen atoms in total. The minimum atomic E-state index is 0.569. The lowest BCUT2D eigenvalue weighted by Gasteiger charge is -2.20. The number of anilines is 1. The Labute approximate surface area is 151 Å². The second-order valence-corrected chi connectivity index (χ2v) is 5.92. The second-order valence-electron chi connectivity index (χ2n) is 5.92. The van der Waals surface area contributed by atoms with Crippen molar-refractivity contribution in [3.63, 3.8) is 0 Å². The third kappa shape index (κ3) is 3.35. The monoisotopic (exact) mass is 345 g/mol. The lowest BCUT2D eigenvalue weighted by Crippen LogP contribution is -2.25. The topological polar surface area (TPSA) is 55.5 Å². The molecule has 0 radical (unpaired) electrons. The van der Waals surface area contributed by atoms with Crippen molar-refractivity contribution in [3.8, 4) is 17.1 Å². The molecule has 0 spiro atoms. The highest BCUT2D eigenvalue weighted by molar-refractivity contribution is 5.71. The average Bonchev–Trinajstić information content (AvgIpc) is 3.17. The van der Waals surface area contributed by atoms with Crippen LogP contribution in [0, 0.1) is 0 Å². The van der Waals surface area contributed by atoms with Crippen LogP contribution in [0.15, 0.2) is 73.2 Å². The molecule has 0 amide bonds. The van der Waals surface area contributed by atoms with Crippen molar-refractivity contribution in [3.05, 3.63) is 73.2 Å². The molecule has 0 aliphatic rings. The average molecular weight is 345 g/mol. The van der Waals surface area contributed by atoms with Gasteiger partial charge in [-0.25, -0.2) is 9.50 Å². The van der Waals surface area contributed by atoms with Crippen molar-refractivity contribution in [1.29, 1.82) is 0 Å². The molecular formula is C20H19N5O. The van der Waals surface area contributed by atoms with Crippen LogP contribution in [0.2, 0.25) is 0 Å². The van der Waals surface area contributed by atoms with Gasteiger partial charge in [-0.05, 0) is 36.4 Å². The number of ether oxygens (including phenoxy) is 1. The van der Waals surface area contributed by atoms with Crippen LogP contribution in [-0.4, -0.2) is 39.8 Å². The van der Waals surface area contributed by atoms with Crippen LogP contribution in [0.3, 0.4) is 0 Å². The zero-order valence-corrected chi connectivity index (χ0v) is 14.5. The minimum Gasteiger partial charge on any atom is -0.492 e. The highest BCUT2D eigenvalue weighted by Gasteiger charge is 2.13. The molecule has 3 aromatic heterocycles. The molecule has 0 aliphatic heterocycles. The number of likely N-dealkylation sites (N-methyl/N-ethyl adjacent to an activating group) is 1. The Balaban J connectivity index is 1.57. The summed E-state index contributed by atoms with van der Waals surface area (Å²) in [6.07, 6.45) is 5.44. The van der Waals surface area contributed by atoms with Crippen LogP contribution in [0.1, 0.15) is 0 Å². The van der Waals surface area contributed by atoms with E-state index in [1.54, 1.807) is 12.4 Å². The molecule has 0 atom stereocenters. The van der Waals surface area contributed by atoms with Crippen molar-refractivity contribution in [1.82, 2.24) is 19.6 Å². The fraction of sp³-hybridized carbons (Fsp3) is 0.150. The van der Waals surface area contributed by atoms with E-state index in [2.05, 4.69) is 15.0 Å². The molecule has 0 saturated heterocycles. The van der Waals surface area contributed by atoms with E-state index in [1.165, 1.54) is 0 Å². The molecule has 0 bridgehead atoms. The predicted molar refractivity (Wildman–Crippen MR) is 101 cm³/mol. The van der Waals surface area contributed by atoms with E-state index < -0.39 is 0 Å². The quantitative estimate of drug-likeness (QED) is 0.537. The van der Waals surface area contributed by atoms with Gasteiger partial charge in [-0.2, -0.15) is 0 Å². The molecule has 26 heavy (non-hydrogen) atoms. The van der Waals surface area contributed by atoms with Gasteiger partial charge < -0.3 is 9.64 Å². The molecule has 0 N–H and O–H groups in total. The molecule has 0 saturated carbocycles. The highest BCUT2D eigenvalue weighted by atomic mass is 16.5. The standard InChI is InChI=1S/C20H19N5O/c1-24(13-14-26-17-8-3-2-4-9-17)20-18-10-6-12-25(18)23-19(22-20)16-7-5-11-21-15-16/h2-12,15H,13-14H2,1H3. The summed E-state index contributed by atoms with van der Waals surface area (Å²) in [5.41, 5.74) is 1.85. The van der Waals surface area contributed by atoms with Crippen molar-refractivity contribution < 1.29 is 4.74 Å². The molecule has 130 valence electrons. The third-order valence-corrected chi connectivity index (χ3v) is 4.09. The van der Waals surface area contributed by atoms with Gasteiger partial charge in [-0.1, -0.05) is 18.2 Å². The fourth-order valence-electron chi connectivity index (χ4n) is 2.74. The fourth-order valence-corrected chi connectivity index (χ4v) is 2.74. The van der Waals surface area contributed by atoms with E-state index in [1.807, 2.05) is 72.4 Å². The first kappa shape index (κ1) is 16.1. The lowest BCUT2D eigenvalue weighted by molar-refractivity contribution is 0.325. The van der Waals surface area contributed by atoms with Crippen LogP contribution in [0.4, 0.5) is 5.82 Å². The van der Waals surface area contributed by atoms with Gasteiger partial charge in [0.25, 0.3) is 0 Å². The molecule has 4 aromatic rings. The largest absolute Gasteiger partial charge is 0.492 e. The SMILES string of the molecule is CN(CCOc1ccccc1)c1nc(-c2cccnc2)nn2cccc12. The highest BCUT2D eigenvalue weighted by Crippen LogP contribution is 2.22. The molecule has 6 heteroatoms. The van der Waals surface area contributed by atoms with Crippen LogP contribution < -0.4 is 9.64 Å². The summed E-state index contributed by atoms with van der Waals surface area (Å²) in [6.45, 7) is 1.28. The predicted octanol–water partition coefficient (Wildman–Crippen LogP) is 3.31. The zero-order chi connectivity index (χ0) is 17.8. The van der Waals surface area contributed by atoms with E-state index in [4.69, 9.17) is 9.72 Å². The van der Waals surface area contributed by atoms with Crippen LogP contribution in [0.25, 0.3) is 16.9 Å². The van der Waals surface area contributed by atoms with Gasteiger partial charge in [0, 0.05) is 31.2 Å². The maximum atomic E-state index is 5.80. The van der Waals surface area contributed by atoms with E-state index in [0.717, 1.165) is 22.6 Å². The van der Waals surface area contributed by atoms with Gasteiger partial charge in [0.05, 0.1) is 6.54 Å². The Morgan fingerprint density at radius 2 is 1.92 bits per heavy atom. The molecule has 4 rings (SSSR count). The Morgan fingerprint density at radius 3 is 2.73 bits per heavy atom. The van der Waals surface area contributed by atoms with E-state index in [9.17, 15) is 0 Å². The Bertz CT molecular complexity index is 985. The van der Waals surface area contributed by atoms with Gasteiger partial charge in [0.2, 0.25) is 0 Å². The molecule has 0 aliphatic carbocycles.